The minimum absolute atomic E-state index is 0.132. The van der Waals surface area contributed by atoms with Gasteiger partial charge >= 0.3 is 5.97 Å². The maximum absolute atomic E-state index is 12.0. The fourth-order valence-electron chi connectivity index (χ4n) is 1.66. The lowest BCUT2D eigenvalue weighted by molar-refractivity contribution is 0.0733. The maximum Gasteiger partial charge on any atom is 0.353 e. The molecule has 2 rings (SSSR count). The Kier molecular flexibility index (Phi) is 5.70. The van der Waals surface area contributed by atoms with Crippen molar-refractivity contribution in [1.82, 2.24) is 0 Å². The molecule has 0 saturated heterocycles. The second-order valence-corrected chi connectivity index (χ2v) is 5.22. The van der Waals surface area contributed by atoms with Crippen LogP contribution < -0.4 is 20.9 Å². The average molecular weight is 332 g/mol. The molecule has 0 atom stereocenters. The van der Waals surface area contributed by atoms with Crippen LogP contribution in [0.1, 0.15) is 22.2 Å². The van der Waals surface area contributed by atoms with E-state index in [9.17, 15) is 4.79 Å². The quantitative estimate of drug-likeness (QED) is 0.276. The summed E-state index contributed by atoms with van der Waals surface area (Å²) in [6.45, 7) is 2.27. The number of hydrogen-bond acceptors (Lipinski definition) is 6. The van der Waals surface area contributed by atoms with Crippen molar-refractivity contribution < 1.29 is 14.3 Å². The molecule has 0 spiro atoms. The summed E-state index contributed by atoms with van der Waals surface area (Å²) in [4.78, 5) is 12.5. The van der Waals surface area contributed by atoms with Crippen LogP contribution in [0, 0.1) is 0 Å². The smallest absolute Gasteiger partial charge is 0.353 e. The number of hydrogen-bond donors (Lipinski definition) is 2. The number of esters is 1. The van der Waals surface area contributed by atoms with Gasteiger partial charge in [-0.15, -0.1) is 16.4 Å². The van der Waals surface area contributed by atoms with Crippen LogP contribution in [0.3, 0.4) is 0 Å². The molecule has 0 radical (unpaired) electrons. The highest BCUT2D eigenvalue weighted by atomic mass is 32.1. The van der Waals surface area contributed by atoms with Crippen LogP contribution in [0.5, 0.6) is 11.5 Å². The Morgan fingerprint density at radius 3 is 2.78 bits per heavy atom. The molecule has 0 aliphatic heterocycles. The van der Waals surface area contributed by atoms with Gasteiger partial charge in [-0.05, 0) is 42.1 Å². The zero-order chi connectivity index (χ0) is 16.7. The topological polar surface area (TPSA) is 112 Å². The van der Waals surface area contributed by atoms with Crippen LogP contribution in [-0.2, 0) is 0 Å². The highest BCUT2D eigenvalue weighted by Gasteiger charge is 2.13. The van der Waals surface area contributed by atoms with E-state index >= 15 is 0 Å². The normalized spacial score (nSPS) is 10.5. The van der Waals surface area contributed by atoms with Gasteiger partial charge in [0.2, 0.25) is 5.96 Å². The minimum atomic E-state index is -0.428. The van der Waals surface area contributed by atoms with Crippen molar-refractivity contribution in [3.63, 3.8) is 0 Å². The van der Waals surface area contributed by atoms with E-state index in [0.717, 1.165) is 0 Å². The summed E-state index contributed by atoms with van der Waals surface area (Å²) in [5, 5.41) is 9.05. The van der Waals surface area contributed by atoms with E-state index in [-0.39, 0.29) is 5.96 Å². The van der Waals surface area contributed by atoms with Crippen LogP contribution >= 0.6 is 11.3 Å². The van der Waals surface area contributed by atoms with Crippen molar-refractivity contribution in [3.8, 4) is 11.5 Å². The lowest BCUT2D eigenvalue weighted by Crippen LogP contribution is -2.21. The van der Waals surface area contributed by atoms with Crippen molar-refractivity contribution in [2.75, 3.05) is 6.61 Å². The van der Waals surface area contributed by atoms with Crippen molar-refractivity contribution in [3.05, 3.63) is 46.2 Å². The first-order valence-electron chi connectivity index (χ1n) is 6.74. The Morgan fingerprint density at radius 1 is 1.30 bits per heavy atom. The predicted molar refractivity (Wildman–Crippen MR) is 90.3 cm³/mol. The third-order valence-electron chi connectivity index (χ3n) is 2.57. The first-order chi connectivity index (χ1) is 11.1. The predicted octanol–water partition coefficient (Wildman–Crippen LogP) is 1.97. The van der Waals surface area contributed by atoms with E-state index in [2.05, 4.69) is 10.2 Å². The average Bonchev–Trinajstić information content (AvgIpc) is 3.04. The molecule has 8 heteroatoms. The van der Waals surface area contributed by atoms with Gasteiger partial charge < -0.3 is 20.9 Å². The van der Waals surface area contributed by atoms with Gasteiger partial charge in [0, 0.05) is 0 Å². The molecule has 1 aromatic carbocycles. The third kappa shape index (κ3) is 4.82. The number of carbonyl (C=O) groups excluding carboxylic acids is 1. The molecule has 1 heterocycles. The first-order valence-corrected chi connectivity index (χ1v) is 7.62. The molecule has 0 unspecified atom stereocenters. The van der Waals surface area contributed by atoms with Gasteiger partial charge in [-0.3, -0.25) is 0 Å². The van der Waals surface area contributed by atoms with E-state index in [4.69, 9.17) is 20.9 Å². The summed E-state index contributed by atoms with van der Waals surface area (Å²) in [5.41, 5.74) is 11.1. The van der Waals surface area contributed by atoms with Gasteiger partial charge in [0.05, 0.1) is 12.8 Å². The summed E-state index contributed by atoms with van der Waals surface area (Å²) in [6, 6.07) is 8.52. The summed E-state index contributed by atoms with van der Waals surface area (Å²) >= 11 is 1.31. The van der Waals surface area contributed by atoms with Crippen molar-refractivity contribution in [2.45, 2.75) is 6.92 Å². The standard InChI is InChI=1S/C15H16N4O3S/c1-2-21-12-8-10(9-18-19-15(16)17)5-6-11(12)22-14(20)13-4-3-7-23-13/h3-9H,2H2,1H3,(H4,16,17,19). The monoisotopic (exact) mass is 332 g/mol. The highest BCUT2D eigenvalue weighted by Crippen LogP contribution is 2.29. The molecule has 0 amide bonds. The molecule has 0 fully saturated rings. The number of guanidine groups is 1. The number of thiophene rings is 1. The number of rotatable bonds is 6. The molecule has 120 valence electrons. The summed E-state index contributed by atoms with van der Waals surface area (Å²) in [5.74, 6) is 0.214. The second-order valence-electron chi connectivity index (χ2n) is 4.28. The van der Waals surface area contributed by atoms with E-state index in [1.54, 1.807) is 30.3 Å². The first kappa shape index (κ1) is 16.5. The lowest BCUT2D eigenvalue weighted by Gasteiger charge is -2.10. The Balaban J connectivity index is 2.20. The Morgan fingerprint density at radius 2 is 2.13 bits per heavy atom. The van der Waals surface area contributed by atoms with Gasteiger partial charge in [-0.1, -0.05) is 6.07 Å². The van der Waals surface area contributed by atoms with Gasteiger partial charge in [0.1, 0.15) is 4.88 Å². The van der Waals surface area contributed by atoms with Crippen molar-refractivity contribution >= 4 is 29.5 Å². The fraction of sp³-hybridized carbons (Fsp3) is 0.133. The highest BCUT2D eigenvalue weighted by molar-refractivity contribution is 7.12. The van der Waals surface area contributed by atoms with Crippen molar-refractivity contribution in [1.29, 1.82) is 0 Å². The number of ether oxygens (including phenoxy) is 2. The Bertz CT molecular complexity index is 722. The van der Waals surface area contributed by atoms with E-state index in [1.165, 1.54) is 17.6 Å². The van der Waals surface area contributed by atoms with Crippen LogP contribution in [0.25, 0.3) is 0 Å². The molecule has 1 aromatic heterocycles. The second kappa shape index (κ2) is 7.95. The summed E-state index contributed by atoms with van der Waals surface area (Å²) in [6.07, 6.45) is 1.47. The molecule has 2 aromatic rings. The Labute approximate surface area is 137 Å². The number of nitrogens with zero attached hydrogens (tertiary/aromatic N) is 2. The Hall–Kier alpha value is -2.87. The zero-order valence-electron chi connectivity index (χ0n) is 12.4. The van der Waals surface area contributed by atoms with E-state index in [1.807, 2.05) is 12.3 Å². The molecule has 4 N–H and O–H groups in total. The van der Waals surface area contributed by atoms with E-state index < -0.39 is 5.97 Å². The molecule has 0 aliphatic carbocycles. The minimum Gasteiger partial charge on any atom is -0.490 e. The summed E-state index contributed by atoms with van der Waals surface area (Å²) in [7, 11) is 0. The zero-order valence-corrected chi connectivity index (χ0v) is 13.2. The molecular formula is C15H16N4O3S. The molecule has 0 bridgehead atoms. The van der Waals surface area contributed by atoms with Gasteiger partial charge in [0.15, 0.2) is 11.5 Å². The van der Waals surface area contributed by atoms with Crippen LogP contribution in [-0.4, -0.2) is 24.8 Å². The molecule has 7 nitrogen and oxygen atoms in total. The molecule has 0 saturated carbocycles. The number of nitrogens with two attached hydrogens (primary N) is 2. The van der Waals surface area contributed by atoms with Crippen LogP contribution in [0.15, 0.2) is 45.9 Å². The SMILES string of the molecule is CCOc1cc(C=NN=C(N)N)ccc1OC(=O)c1cccs1. The molecule has 23 heavy (non-hydrogen) atoms. The van der Waals surface area contributed by atoms with Crippen molar-refractivity contribution in [2.24, 2.45) is 21.7 Å². The van der Waals surface area contributed by atoms with Crippen LogP contribution in [0.4, 0.5) is 0 Å². The van der Waals surface area contributed by atoms with Gasteiger partial charge in [-0.2, -0.15) is 5.10 Å². The van der Waals surface area contributed by atoms with Gasteiger partial charge in [-0.25, -0.2) is 4.79 Å². The number of carbonyl (C=O) groups is 1. The largest absolute Gasteiger partial charge is 0.490 e. The summed E-state index contributed by atoms with van der Waals surface area (Å²) < 4.78 is 10.9. The van der Waals surface area contributed by atoms with Gasteiger partial charge in [0.25, 0.3) is 0 Å². The molecule has 0 aliphatic rings. The van der Waals surface area contributed by atoms with E-state index in [0.29, 0.717) is 28.5 Å². The third-order valence-corrected chi connectivity index (χ3v) is 3.42. The fourth-order valence-corrected chi connectivity index (χ4v) is 2.26. The molecular weight excluding hydrogens is 316 g/mol. The lowest BCUT2D eigenvalue weighted by atomic mass is 10.2. The van der Waals surface area contributed by atoms with Crippen LogP contribution in [0.2, 0.25) is 0 Å². The number of benzene rings is 1. The maximum atomic E-state index is 12.0.